The molecule has 1 saturated carbocycles. The Morgan fingerprint density at radius 1 is 1.44 bits per heavy atom. The van der Waals surface area contributed by atoms with Gasteiger partial charge >= 0.3 is 0 Å². The zero-order valence-electron chi connectivity index (χ0n) is 10.1. The van der Waals surface area contributed by atoms with E-state index in [-0.39, 0.29) is 0 Å². The Hall–Kier alpha value is -1.02. The first kappa shape index (κ1) is 12.0. The second-order valence-electron chi connectivity index (χ2n) is 4.56. The average molecular weight is 355 g/mol. The summed E-state index contributed by atoms with van der Waals surface area (Å²) in [6, 6.07) is 2.71. The molecular weight excluding hydrogens is 341 g/mol. The molecule has 1 aliphatic carbocycles. The topological polar surface area (TPSA) is 55.6 Å². The third-order valence-electron chi connectivity index (χ3n) is 2.80. The minimum absolute atomic E-state index is 0.644. The number of halogens is 1. The van der Waals surface area contributed by atoms with Crippen LogP contribution in [0.5, 0.6) is 0 Å². The van der Waals surface area contributed by atoms with Gasteiger partial charge in [-0.3, -0.25) is 0 Å². The third kappa shape index (κ3) is 2.86. The van der Waals surface area contributed by atoms with Gasteiger partial charge in [-0.15, -0.1) is 0 Å². The number of hydrogen-bond acceptors (Lipinski definition) is 4. The van der Waals surface area contributed by atoms with E-state index in [0.29, 0.717) is 12.0 Å². The molecule has 2 aromatic rings. The fourth-order valence-electron chi connectivity index (χ4n) is 1.76. The van der Waals surface area contributed by atoms with Crippen LogP contribution in [-0.2, 0) is 6.54 Å². The van der Waals surface area contributed by atoms with Gasteiger partial charge in [0.15, 0.2) is 0 Å². The van der Waals surface area contributed by atoms with Crippen molar-refractivity contribution in [2.24, 2.45) is 0 Å². The van der Waals surface area contributed by atoms with Gasteiger partial charge in [0, 0.05) is 24.5 Å². The molecule has 5 nitrogen and oxygen atoms in total. The summed E-state index contributed by atoms with van der Waals surface area (Å²) in [4.78, 5) is 8.96. The highest BCUT2D eigenvalue weighted by Crippen LogP contribution is 2.19. The molecule has 0 unspecified atom stereocenters. The Kier molecular flexibility index (Phi) is 3.29. The Balaban J connectivity index is 1.84. The highest BCUT2D eigenvalue weighted by atomic mass is 127. The molecule has 18 heavy (non-hydrogen) atoms. The molecule has 94 valence electrons. The number of nitrogens with zero attached hydrogens (tertiary/aromatic N) is 4. The molecule has 0 bridgehead atoms. The second-order valence-corrected chi connectivity index (χ2v) is 5.80. The van der Waals surface area contributed by atoms with Crippen molar-refractivity contribution in [1.29, 1.82) is 0 Å². The van der Waals surface area contributed by atoms with Crippen LogP contribution in [0, 0.1) is 10.5 Å². The van der Waals surface area contributed by atoms with Gasteiger partial charge in [0.2, 0.25) is 0 Å². The molecule has 2 heterocycles. The lowest BCUT2D eigenvalue weighted by Crippen LogP contribution is -2.17. The number of hydrogen-bond donors (Lipinski definition) is 1. The molecule has 0 aliphatic heterocycles. The van der Waals surface area contributed by atoms with E-state index in [1.54, 1.807) is 10.9 Å². The van der Waals surface area contributed by atoms with Crippen LogP contribution in [0.4, 0.5) is 0 Å². The largest absolute Gasteiger partial charge is 0.308 e. The van der Waals surface area contributed by atoms with Crippen molar-refractivity contribution in [2.75, 3.05) is 0 Å². The van der Waals surface area contributed by atoms with Crippen molar-refractivity contribution in [2.45, 2.75) is 32.4 Å². The minimum atomic E-state index is 0.644. The zero-order chi connectivity index (χ0) is 12.5. The SMILES string of the molecule is Cc1cc(CNC2CC2)nc(-n2cc(I)cn2)n1. The van der Waals surface area contributed by atoms with E-state index in [1.807, 2.05) is 19.2 Å². The van der Waals surface area contributed by atoms with Crippen LogP contribution in [0.15, 0.2) is 18.5 Å². The minimum Gasteiger partial charge on any atom is -0.308 e. The maximum atomic E-state index is 4.54. The van der Waals surface area contributed by atoms with Gasteiger partial charge in [-0.25, -0.2) is 14.6 Å². The second kappa shape index (κ2) is 4.93. The van der Waals surface area contributed by atoms with Gasteiger partial charge in [-0.1, -0.05) is 0 Å². The molecule has 0 aromatic carbocycles. The normalized spacial score (nSPS) is 15.0. The Morgan fingerprint density at radius 2 is 2.28 bits per heavy atom. The van der Waals surface area contributed by atoms with E-state index in [0.717, 1.165) is 21.5 Å². The van der Waals surface area contributed by atoms with Crippen LogP contribution in [0.1, 0.15) is 24.2 Å². The molecule has 3 rings (SSSR count). The van der Waals surface area contributed by atoms with Crippen LogP contribution < -0.4 is 5.32 Å². The molecule has 0 radical (unpaired) electrons. The lowest BCUT2D eigenvalue weighted by atomic mass is 10.3. The van der Waals surface area contributed by atoms with Crippen molar-refractivity contribution >= 4 is 22.6 Å². The van der Waals surface area contributed by atoms with Crippen molar-refractivity contribution in [1.82, 2.24) is 25.1 Å². The fourth-order valence-corrected chi connectivity index (χ4v) is 2.14. The van der Waals surface area contributed by atoms with Crippen LogP contribution in [0.3, 0.4) is 0 Å². The van der Waals surface area contributed by atoms with Crippen molar-refractivity contribution in [3.05, 3.63) is 33.4 Å². The molecule has 6 heteroatoms. The molecule has 0 amide bonds. The molecule has 2 aromatic heterocycles. The monoisotopic (exact) mass is 355 g/mol. The summed E-state index contributed by atoms with van der Waals surface area (Å²) >= 11 is 2.23. The summed E-state index contributed by atoms with van der Waals surface area (Å²) < 4.78 is 2.80. The van der Waals surface area contributed by atoms with Crippen LogP contribution in [0.25, 0.3) is 5.95 Å². The third-order valence-corrected chi connectivity index (χ3v) is 3.36. The predicted molar refractivity (Wildman–Crippen MR) is 76.5 cm³/mol. The predicted octanol–water partition coefficient (Wildman–Crippen LogP) is 1.83. The van der Waals surface area contributed by atoms with Gasteiger partial charge in [-0.05, 0) is 48.4 Å². The number of aromatic nitrogens is 4. The lowest BCUT2D eigenvalue weighted by molar-refractivity contribution is 0.664. The average Bonchev–Trinajstić information content (AvgIpc) is 3.07. The number of rotatable bonds is 4. The number of nitrogens with one attached hydrogen (secondary N) is 1. The maximum Gasteiger partial charge on any atom is 0.251 e. The smallest absolute Gasteiger partial charge is 0.251 e. The summed E-state index contributed by atoms with van der Waals surface area (Å²) in [6.45, 7) is 2.79. The summed E-state index contributed by atoms with van der Waals surface area (Å²) in [7, 11) is 0. The van der Waals surface area contributed by atoms with Crippen molar-refractivity contribution in [3.63, 3.8) is 0 Å². The van der Waals surface area contributed by atoms with Crippen molar-refractivity contribution < 1.29 is 0 Å². The van der Waals surface area contributed by atoms with Gasteiger partial charge in [-0.2, -0.15) is 5.10 Å². The van der Waals surface area contributed by atoms with Gasteiger partial charge < -0.3 is 5.32 Å². The Labute approximate surface area is 119 Å². The summed E-state index contributed by atoms with van der Waals surface area (Å²) in [5, 5.41) is 7.70. The molecule has 1 fully saturated rings. The lowest BCUT2D eigenvalue weighted by Gasteiger charge is -2.06. The molecule has 0 spiro atoms. The first-order valence-electron chi connectivity index (χ1n) is 5.99. The Bertz CT molecular complexity index is 561. The first-order chi connectivity index (χ1) is 8.70. The van der Waals surface area contributed by atoms with E-state index in [1.165, 1.54) is 12.8 Å². The summed E-state index contributed by atoms with van der Waals surface area (Å²) in [6.07, 6.45) is 6.30. The van der Waals surface area contributed by atoms with Gasteiger partial charge in [0.1, 0.15) is 0 Å². The van der Waals surface area contributed by atoms with Crippen LogP contribution in [-0.4, -0.2) is 25.8 Å². The molecular formula is C12H14IN5. The van der Waals surface area contributed by atoms with Crippen molar-refractivity contribution in [3.8, 4) is 5.95 Å². The number of aryl methyl sites for hydroxylation is 1. The molecule has 0 atom stereocenters. The van der Waals surface area contributed by atoms with E-state index < -0.39 is 0 Å². The van der Waals surface area contributed by atoms with E-state index in [9.17, 15) is 0 Å². The highest BCUT2D eigenvalue weighted by Gasteiger charge is 2.20. The van der Waals surface area contributed by atoms with E-state index in [2.05, 4.69) is 43.0 Å². The molecule has 1 N–H and O–H groups in total. The molecule has 1 aliphatic rings. The van der Waals surface area contributed by atoms with Crippen LogP contribution >= 0.6 is 22.6 Å². The van der Waals surface area contributed by atoms with E-state index in [4.69, 9.17) is 0 Å². The van der Waals surface area contributed by atoms with Gasteiger partial charge in [0.05, 0.1) is 15.5 Å². The quantitative estimate of drug-likeness (QED) is 0.851. The fraction of sp³-hybridized carbons (Fsp3) is 0.417. The Morgan fingerprint density at radius 3 is 2.94 bits per heavy atom. The molecule has 0 saturated heterocycles. The highest BCUT2D eigenvalue weighted by molar-refractivity contribution is 14.1. The maximum absolute atomic E-state index is 4.54. The first-order valence-corrected chi connectivity index (χ1v) is 7.07. The summed E-state index contributed by atoms with van der Waals surface area (Å²) in [5.41, 5.74) is 1.99. The zero-order valence-corrected chi connectivity index (χ0v) is 12.3. The summed E-state index contributed by atoms with van der Waals surface area (Å²) in [5.74, 6) is 0.644. The van der Waals surface area contributed by atoms with Gasteiger partial charge in [0.25, 0.3) is 5.95 Å². The standard InChI is InChI=1S/C12H14IN5/c1-8-4-11(6-14-10-2-3-10)17-12(16-8)18-7-9(13)5-15-18/h4-5,7,10,14H,2-3,6H2,1H3. The van der Waals surface area contributed by atoms with Crippen LogP contribution in [0.2, 0.25) is 0 Å². The van der Waals surface area contributed by atoms with E-state index >= 15 is 0 Å².